The van der Waals surface area contributed by atoms with Crippen molar-refractivity contribution in [3.05, 3.63) is 45.7 Å². The Bertz CT molecular complexity index is 608. The van der Waals surface area contributed by atoms with Gasteiger partial charge in [-0.1, -0.05) is 15.9 Å². The van der Waals surface area contributed by atoms with Gasteiger partial charge in [0, 0.05) is 22.4 Å². The predicted molar refractivity (Wildman–Crippen MR) is 79.3 cm³/mol. The van der Waals surface area contributed by atoms with Crippen LogP contribution in [-0.4, -0.2) is 16.7 Å². The Hall–Kier alpha value is -1.50. The first-order chi connectivity index (χ1) is 9.88. The van der Waals surface area contributed by atoms with Crippen LogP contribution in [-0.2, 0) is 12.6 Å². The molecule has 0 atom stereocenters. The number of halogens is 4. The number of alkyl halides is 3. The van der Waals surface area contributed by atoms with Crippen molar-refractivity contribution in [3.63, 3.8) is 0 Å². The number of aromatic amines is 1. The van der Waals surface area contributed by atoms with Gasteiger partial charge in [-0.2, -0.15) is 18.3 Å². The van der Waals surface area contributed by atoms with Crippen molar-refractivity contribution in [1.29, 1.82) is 0 Å². The summed E-state index contributed by atoms with van der Waals surface area (Å²) in [4.78, 5) is 0. The van der Waals surface area contributed by atoms with Gasteiger partial charge in [0.2, 0.25) is 0 Å². The van der Waals surface area contributed by atoms with Gasteiger partial charge >= 0.3 is 6.18 Å². The molecule has 2 rings (SSSR count). The molecule has 114 valence electrons. The first-order valence-electron chi connectivity index (χ1n) is 6.47. The van der Waals surface area contributed by atoms with Crippen LogP contribution in [0.2, 0.25) is 0 Å². The Morgan fingerprint density at radius 2 is 2.10 bits per heavy atom. The number of nitrogens with zero attached hydrogens (tertiary/aromatic N) is 1. The van der Waals surface area contributed by atoms with E-state index in [1.807, 2.05) is 6.92 Å². The van der Waals surface area contributed by atoms with Gasteiger partial charge < -0.3 is 5.32 Å². The molecule has 0 aliphatic heterocycles. The maximum atomic E-state index is 12.9. The first kappa shape index (κ1) is 15.9. The summed E-state index contributed by atoms with van der Waals surface area (Å²) in [6, 6.07) is 4.12. The minimum atomic E-state index is -4.37. The van der Waals surface area contributed by atoms with Crippen LogP contribution in [0, 0.1) is 6.92 Å². The molecule has 1 aromatic carbocycles. The smallest absolute Gasteiger partial charge is 0.385 e. The fraction of sp³-hybridized carbons (Fsp3) is 0.357. The van der Waals surface area contributed by atoms with Crippen molar-refractivity contribution >= 4 is 21.6 Å². The van der Waals surface area contributed by atoms with E-state index in [2.05, 4.69) is 31.4 Å². The molecule has 1 heterocycles. The molecule has 0 aliphatic carbocycles. The van der Waals surface area contributed by atoms with Gasteiger partial charge in [0.25, 0.3) is 0 Å². The predicted octanol–water partition coefficient (Wildman–Crippen LogP) is 4.54. The normalized spacial score (nSPS) is 11.7. The van der Waals surface area contributed by atoms with E-state index in [9.17, 15) is 13.2 Å². The minimum Gasteiger partial charge on any atom is -0.385 e. The van der Waals surface area contributed by atoms with Crippen LogP contribution in [0.3, 0.4) is 0 Å². The zero-order valence-corrected chi connectivity index (χ0v) is 13.0. The molecule has 2 aromatic rings. The Labute approximate surface area is 129 Å². The molecule has 2 N–H and O–H groups in total. The molecule has 0 saturated heterocycles. The van der Waals surface area contributed by atoms with Crippen molar-refractivity contribution in [2.45, 2.75) is 25.9 Å². The van der Waals surface area contributed by atoms with Crippen LogP contribution >= 0.6 is 15.9 Å². The van der Waals surface area contributed by atoms with Crippen LogP contribution in [0.15, 0.2) is 28.9 Å². The summed E-state index contributed by atoms with van der Waals surface area (Å²) in [5.74, 6) is 0. The fourth-order valence-electron chi connectivity index (χ4n) is 2.03. The Kier molecular flexibility index (Phi) is 4.92. The monoisotopic (exact) mass is 361 g/mol. The number of aromatic nitrogens is 2. The van der Waals surface area contributed by atoms with Crippen LogP contribution in [0.25, 0.3) is 0 Å². The zero-order valence-electron chi connectivity index (χ0n) is 11.4. The lowest BCUT2D eigenvalue weighted by Gasteiger charge is -2.15. The molecule has 3 nitrogen and oxygen atoms in total. The van der Waals surface area contributed by atoms with Gasteiger partial charge in [0.1, 0.15) is 0 Å². The molecule has 0 bridgehead atoms. The molecule has 0 radical (unpaired) electrons. The molecule has 0 fully saturated rings. The number of hydrogen-bond acceptors (Lipinski definition) is 2. The lowest BCUT2D eigenvalue weighted by molar-refractivity contribution is -0.137. The van der Waals surface area contributed by atoms with Crippen LogP contribution in [0.4, 0.5) is 18.9 Å². The van der Waals surface area contributed by atoms with Crippen molar-refractivity contribution in [3.8, 4) is 0 Å². The summed E-state index contributed by atoms with van der Waals surface area (Å²) >= 11 is 3.07. The number of aryl methyl sites for hydroxylation is 2. The van der Waals surface area contributed by atoms with Gasteiger partial charge in [-0.15, -0.1) is 0 Å². The van der Waals surface area contributed by atoms with Crippen molar-refractivity contribution in [2.75, 3.05) is 11.9 Å². The van der Waals surface area contributed by atoms with Crippen LogP contribution in [0.1, 0.15) is 23.2 Å². The lowest BCUT2D eigenvalue weighted by atomic mass is 10.1. The van der Waals surface area contributed by atoms with E-state index >= 15 is 0 Å². The van der Waals surface area contributed by atoms with E-state index in [0.29, 0.717) is 11.0 Å². The van der Waals surface area contributed by atoms with Crippen LogP contribution < -0.4 is 5.32 Å². The SMILES string of the molecule is Cc1[nH]ncc1CCCNc1ccc(Br)cc1C(F)(F)F. The van der Waals surface area contributed by atoms with Crippen molar-refractivity contribution < 1.29 is 13.2 Å². The third kappa shape index (κ3) is 4.23. The van der Waals surface area contributed by atoms with E-state index < -0.39 is 11.7 Å². The summed E-state index contributed by atoms with van der Waals surface area (Å²) in [5, 5.41) is 9.61. The van der Waals surface area contributed by atoms with E-state index in [4.69, 9.17) is 0 Å². The molecule has 7 heteroatoms. The van der Waals surface area contributed by atoms with Gasteiger partial charge in [0.15, 0.2) is 0 Å². The van der Waals surface area contributed by atoms with Crippen molar-refractivity contribution in [1.82, 2.24) is 10.2 Å². The largest absolute Gasteiger partial charge is 0.418 e. The average molecular weight is 362 g/mol. The molecule has 1 aromatic heterocycles. The van der Waals surface area contributed by atoms with E-state index in [1.165, 1.54) is 6.07 Å². The van der Waals surface area contributed by atoms with Crippen LogP contribution in [0.5, 0.6) is 0 Å². The van der Waals surface area contributed by atoms with E-state index in [-0.39, 0.29) is 5.69 Å². The second kappa shape index (κ2) is 6.51. The summed E-state index contributed by atoms with van der Waals surface area (Å²) < 4.78 is 39.2. The molecule has 0 aliphatic rings. The number of H-pyrrole nitrogens is 1. The van der Waals surface area contributed by atoms with Gasteiger partial charge in [-0.25, -0.2) is 0 Å². The topological polar surface area (TPSA) is 40.7 Å². The third-order valence-corrected chi connectivity index (χ3v) is 3.65. The Balaban J connectivity index is 1.96. The minimum absolute atomic E-state index is 0.106. The molecular formula is C14H15BrF3N3. The second-order valence-corrected chi connectivity index (χ2v) is 5.65. The highest BCUT2D eigenvalue weighted by Gasteiger charge is 2.33. The number of anilines is 1. The summed E-state index contributed by atoms with van der Waals surface area (Å²) in [7, 11) is 0. The molecule has 0 unspecified atom stereocenters. The molecule has 0 saturated carbocycles. The number of nitrogens with one attached hydrogen (secondary N) is 2. The highest BCUT2D eigenvalue weighted by atomic mass is 79.9. The Morgan fingerprint density at radius 3 is 2.71 bits per heavy atom. The summed E-state index contributed by atoms with van der Waals surface area (Å²) in [6.07, 6.45) is -1.12. The van der Waals surface area contributed by atoms with E-state index in [0.717, 1.165) is 30.2 Å². The number of rotatable bonds is 5. The summed E-state index contributed by atoms with van der Waals surface area (Å²) in [5.41, 5.74) is 1.53. The van der Waals surface area contributed by atoms with Gasteiger partial charge in [-0.05, 0) is 43.5 Å². The quantitative estimate of drug-likeness (QED) is 0.767. The zero-order chi connectivity index (χ0) is 15.5. The molecule has 0 spiro atoms. The number of hydrogen-bond donors (Lipinski definition) is 2. The molecule has 21 heavy (non-hydrogen) atoms. The third-order valence-electron chi connectivity index (χ3n) is 3.16. The first-order valence-corrected chi connectivity index (χ1v) is 7.26. The fourth-order valence-corrected chi connectivity index (χ4v) is 2.40. The lowest BCUT2D eigenvalue weighted by Crippen LogP contribution is -2.12. The maximum Gasteiger partial charge on any atom is 0.418 e. The molecular weight excluding hydrogens is 347 g/mol. The van der Waals surface area contributed by atoms with Gasteiger partial charge in [0.05, 0.1) is 11.8 Å². The summed E-state index contributed by atoms with van der Waals surface area (Å²) in [6.45, 7) is 2.39. The Morgan fingerprint density at radius 1 is 1.33 bits per heavy atom. The van der Waals surface area contributed by atoms with E-state index in [1.54, 1.807) is 12.3 Å². The van der Waals surface area contributed by atoms with Crippen molar-refractivity contribution in [2.24, 2.45) is 0 Å². The highest BCUT2D eigenvalue weighted by Crippen LogP contribution is 2.36. The number of benzene rings is 1. The standard InChI is InChI=1S/C14H15BrF3N3/c1-9-10(8-20-21-9)3-2-6-19-13-5-4-11(15)7-12(13)14(16,17)18/h4-5,7-8,19H,2-3,6H2,1H3,(H,20,21). The molecule has 0 amide bonds. The maximum absolute atomic E-state index is 12.9. The average Bonchev–Trinajstić information content (AvgIpc) is 2.80. The second-order valence-electron chi connectivity index (χ2n) is 4.74. The van der Waals surface area contributed by atoms with Gasteiger partial charge in [-0.3, -0.25) is 5.10 Å². The highest BCUT2D eigenvalue weighted by molar-refractivity contribution is 9.10.